The van der Waals surface area contributed by atoms with Gasteiger partial charge in [-0.05, 0) is 55.3 Å². The second-order valence-electron chi connectivity index (χ2n) is 8.25. The molecule has 1 saturated heterocycles. The van der Waals surface area contributed by atoms with Crippen molar-refractivity contribution in [1.29, 1.82) is 0 Å². The number of rotatable bonds is 4. The monoisotopic (exact) mass is 487 g/mol. The molecule has 2 aliphatic heterocycles. The van der Waals surface area contributed by atoms with Gasteiger partial charge in [-0.15, -0.1) is 0 Å². The highest BCUT2D eigenvalue weighted by atomic mass is 35.5. The number of nitrogens with one attached hydrogen (secondary N) is 2. The summed E-state index contributed by atoms with van der Waals surface area (Å²) in [7, 11) is 3.08. The van der Waals surface area contributed by atoms with Crippen molar-refractivity contribution in [3.63, 3.8) is 0 Å². The predicted octanol–water partition coefficient (Wildman–Crippen LogP) is 3.93. The Morgan fingerprint density at radius 3 is 2.56 bits per heavy atom. The van der Waals surface area contributed by atoms with Gasteiger partial charge in [0.25, 0.3) is 5.91 Å². The molecule has 2 aromatic rings. The first kappa shape index (κ1) is 23.8. The van der Waals surface area contributed by atoms with Crippen LogP contribution in [0.4, 0.5) is 16.2 Å². The number of methoxy groups -OCH3 is 1. The van der Waals surface area contributed by atoms with Crippen molar-refractivity contribution in [2.75, 3.05) is 31.4 Å². The lowest BCUT2D eigenvalue weighted by atomic mass is 9.94. The number of hydrogen-bond donors (Lipinski definition) is 2. The summed E-state index contributed by atoms with van der Waals surface area (Å²) in [5.41, 5.74) is 1.38. The van der Waals surface area contributed by atoms with Crippen LogP contribution in [0.5, 0.6) is 5.75 Å². The number of carbonyl (C=O) groups is 3. The van der Waals surface area contributed by atoms with Crippen molar-refractivity contribution in [2.24, 2.45) is 0 Å². The van der Waals surface area contributed by atoms with E-state index in [1.54, 1.807) is 54.4 Å². The van der Waals surface area contributed by atoms with Gasteiger partial charge in [-0.2, -0.15) is 0 Å². The number of esters is 1. The summed E-state index contributed by atoms with van der Waals surface area (Å²) < 4.78 is 16.8. The summed E-state index contributed by atoms with van der Waals surface area (Å²) in [6.45, 7) is 0.233. The topological polar surface area (TPSA) is 106 Å². The average molecular weight is 488 g/mol. The Morgan fingerprint density at radius 2 is 1.82 bits per heavy atom. The summed E-state index contributed by atoms with van der Waals surface area (Å²) in [5.74, 6) is -0.163. The maximum absolute atomic E-state index is 13.3. The van der Waals surface area contributed by atoms with Gasteiger partial charge in [-0.3, -0.25) is 9.59 Å². The van der Waals surface area contributed by atoms with Crippen molar-refractivity contribution in [3.8, 4) is 5.75 Å². The zero-order valence-electron chi connectivity index (χ0n) is 18.9. The minimum atomic E-state index is -0.452. The number of amides is 3. The van der Waals surface area contributed by atoms with E-state index in [4.69, 9.17) is 25.8 Å². The van der Waals surface area contributed by atoms with Crippen LogP contribution in [-0.4, -0.2) is 61.8 Å². The summed E-state index contributed by atoms with van der Waals surface area (Å²) in [6, 6.07) is 11.0. The third-order valence-corrected chi connectivity index (χ3v) is 6.25. The Labute approximate surface area is 202 Å². The molecule has 34 heavy (non-hydrogen) atoms. The Kier molecular flexibility index (Phi) is 7.23. The number of likely N-dealkylation sites (N-methyl/N-ethyl adjacent to an activating group) is 1. The van der Waals surface area contributed by atoms with Crippen LogP contribution in [0.3, 0.4) is 0 Å². The van der Waals surface area contributed by atoms with E-state index in [-0.39, 0.29) is 43.2 Å². The fraction of sp³-hybridized carbons (Fsp3) is 0.375. The van der Waals surface area contributed by atoms with Crippen LogP contribution in [0.1, 0.15) is 29.6 Å². The molecule has 0 aliphatic carbocycles. The van der Waals surface area contributed by atoms with Gasteiger partial charge < -0.3 is 29.7 Å². The number of hydrogen-bond acceptors (Lipinski definition) is 6. The van der Waals surface area contributed by atoms with Gasteiger partial charge in [-0.1, -0.05) is 11.6 Å². The molecule has 9 nitrogen and oxygen atoms in total. The maximum atomic E-state index is 13.3. The molecule has 0 bridgehead atoms. The minimum absolute atomic E-state index is 0.168. The van der Waals surface area contributed by atoms with E-state index >= 15 is 0 Å². The summed E-state index contributed by atoms with van der Waals surface area (Å²) in [4.78, 5) is 39.0. The number of carbonyl (C=O) groups excluding carboxylic acids is 3. The molecule has 180 valence electrons. The minimum Gasteiger partial charge on any atom is -0.490 e. The number of halogens is 1. The highest BCUT2D eigenvalue weighted by Gasteiger charge is 2.39. The molecule has 4 rings (SSSR count). The highest BCUT2D eigenvalue weighted by Crippen LogP contribution is 2.32. The molecule has 2 aromatic carbocycles. The number of nitrogens with zero attached hydrogens (tertiary/aromatic N) is 1. The molecule has 0 saturated carbocycles. The van der Waals surface area contributed by atoms with Crippen LogP contribution in [0, 0.1) is 0 Å². The Morgan fingerprint density at radius 1 is 1.12 bits per heavy atom. The lowest BCUT2D eigenvalue weighted by molar-refractivity contribution is -0.151. The van der Waals surface area contributed by atoms with Gasteiger partial charge in [0.1, 0.15) is 18.5 Å². The molecule has 0 unspecified atom stereocenters. The number of benzene rings is 2. The number of anilines is 2. The molecule has 10 heteroatoms. The van der Waals surface area contributed by atoms with Gasteiger partial charge in [0.05, 0.1) is 31.2 Å². The first-order valence-electron chi connectivity index (χ1n) is 10.9. The maximum Gasteiger partial charge on any atom is 0.323 e. The van der Waals surface area contributed by atoms with Crippen LogP contribution >= 0.6 is 11.6 Å². The summed E-state index contributed by atoms with van der Waals surface area (Å²) in [6.07, 6.45) is 0.835. The zero-order chi connectivity index (χ0) is 24.2. The normalized spacial score (nSPS) is 21.8. The largest absolute Gasteiger partial charge is 0.490 e. The average Bonchev–Trinajstić information content (AvgIpc) is 2.83. The van der Waals surface area contributed by atoms with Crippen molar-refractivity contribution in [1.82, 2.24) is 4.90 Å². The Balaban J connectivity index is 1.46. The molecule has 0 spiro atoms. The van der Waals surface area contributed by atoms with Crippen LogP contribution in [0.25, 0.3) is 0 Å². The third-order valence-electron chi connectivity index (χ3n) is 5.99. The van der Waals surface area contributed by atoms with E-state index in [9.17, 15) is 14.4 Å². The summed E-state index contributed by atoms with van der Waals surface area (Å²) >= 11 is 5.87. The number of urea groups is 1. The fourth-order valence-corrected chi connectivity index (χ4v) is 4.33. The van der Waals surface area contributed by atoms with Gasteiger partial charge >= 0.3 is 12.0 Å². The molecular formula is C24H26ClN3O6. The molecule has 0 radical (unpaired) electrons. The van der Waals surface area contributed by atoms with E-state index in [2.05, 4.69) is 10.6 Å². The van der Waals surface area contributed by atoms with Crippen LogP contribution in [0.2, 0.25) is 5.02 Å². The van der Waals surface area contributed by atoms with Gasteiger partial charge in [-0.25, -0.2) is 4.79 Å². The van der Waals surface area contributed by atoms with Gasteiger partial charge in [0.2, 0.25) is 0 Å². The van der Waals surface area contributed by atoms with Crippen molar-refractivity contribution >= 4 is 40.9 Å². The standard InChI is InChI=1S/C24H26ClN3O6/c1-28-19-9-8-17(12-22(29)32-2)34-21(19)13-33-20-10-7-16(11-18(20)23(28)30)27-24(31)26-15-5-3-14(25)4-6-15/h3-7,10-11,17,19,21H,8-9,12-13H2,1-2H3,(H2,26,27,31)/t17-,19+,21-/m1/s1. The highest BCUT2D eigenvalue weighted by molar-refractivity contribution is 6.30. The Hall–Kier alpha value is -3.30. The lowest BCUT2D eigenvalue weighted by Crippen LogP contribution is -2.53. The number of ether oxygens (including phenoxy) is 3. The van der Waals surface area contributed by atoms with E-state index in [0.29, 0.717) is 40.6 Å². The zero-order valence-corrected chi connectivity index (χ0v) is 19.6. The predicted molar refractivity (Wildman–Crippen MR) is 126 cm³/mol. The molecule has 2 aliphatic rings. The summed E-state index contributed by atoms with van der Waals surface area (Å²) in [5, 5.41) is 6.02. The van der Waals surface area contributed by atoms with Crippen LogP contribution in [0.15, 0.2) is 42.5 Å². The second kappa shape index (κ2) is 10.3. The molecule has 0 aromatic heterocycles. The molecule has 3 atom stereocenters. The Bertz CT molecular complexity index is 1080. The van der Waals surface area contributed by atoms with Crippen LogP contribution in [-0.2, 0) is 14.3 Å². The van der Waals surface area contributed by atoms with Crippen molar-refractivity contribution < 1.29 is 28.6 Å². The lowest BCUT2D eigenvalue weighted by Gasteiger charge is -2.42. The van der Waals surface area contributed by atoms with Crippen molar-refractivity contribution in [3.05, 3.63) is 53.1 Å². The third kappa shape index (κ3) is 5.43. The van der Waals surface area contributed by atoms with Gasteiger partial charge in [0, 0.05) is 23.4 Å². The molecule has 1 fully saturated rings. The van der Waals surface area contributed by atoms with E-state index in [1.807, 2.05) is 0 Å². The first-order valence-corrected chi connectivity index (χ1v) is 11.3. The second-order valence-corrected chi connectivity index (χ2v) is 8.68. The SMILES string of the molecule is COC(=O)C[C@H]1CC[C@H]2[C@@H](COc3ccc(NC(=O)Nc4ccc(Cl)cc4)cc3C(=O)N2C)O1. The van der Waals surface area contributed by atoms with Crippen LogP contribution < -0.4 is 15.4 Å². The first-order chi connectivity index (χ1) is 16.3. The quantitative estimate of drug-likeness (QED) is 0.633. The fourth-order valence-electron chi connectivity index (χ4n) is 4.20. The molecule has 3 amide bonds. The van der Waals surface area contributed by atoms with E-state index in [0.717, 1.165) is 0 Å². The molecule has 2 heterocycles. The molecule has 2 N–H and O–H groups in total. The van der Waals surface area contributed by atoms with E-state index in [1.165, 1.54) is 7.11 Å². The smallest absolute Gasteiger partial charge is 0.323 e. The van der Waals surface area contributed by atoms with E-state index < -0.39 is 6.03 Å². The number of fused-ring (bicyclic) bond motifs is 2. The molecular weight excluding hydrogens is 462 g/mol. The van der Waals surface area contributed by atoms with Crippen molar-refractivity contribution in [2.45, 2.75) is 37.5 Å². The van der Waals surface area contributed by atoms with Gasteiger partial charge in [0.15, 0.2) is 0 Å².